The van der Waals surface area contributed by atoms with Crippen LogP contribution in [0.4, 0.5) is 0 Å². The topological polar surface area (TPSA) is 49.3 Å². The van der Waals surface area contributed by atoms with E-state index in [1.165, 1.54) is 36.0 Å². The Labute approximate surface area is 150 Å². The highest BCUT2D eigenvalue weighted by molar-refractivity contribution is 5.66. The molecule has 1 atom stereocenters. The second-order valence-electron chi connectivity index (χ2n) is 7.07. The van der Waals surface area contributed by atoms with Gasteiger partial charge in [0.05, 0.1) is 0 Å². The van der Waals surface area contributed by atoms with Crippen molar-refractivity contribution in [3.8, 4) is 0 Å². The van der Waals surface area contributed by atoms with Gasteiger partial charge in [-0.1, -0.05) is 61.0 Å². The van der Waals surface area contributed by atoms with Gasteiger partial charge in [0.2, 0.25) is 0 Å². The van der Waals surface area contributed by atoms with E-state index in [0.29, 0.717) is 6.42 Å². The zero-order valence-electron chi connectivity index (χ0n) is 14.7. The van der Waals surface area contributed by atoms with Crippen molar-refractivity contribution in [1.82, 2.24) is 5.32 Å². The van der Waals surface area contributed by atoms with Crippen LogP contribution in [0.5, 0.6) is 0 Å². The lowest BCUT2D eigenvalue weighted by Crippen LogP contribution is -2.31. The van der Waals surface area contributed by atoms with Crippen LogP contribution < -0.4 is 5.32 Å². The Balaban J connectivity index is 1.56. The standard InChI is InChI=1S/C22H27NO2/c24-22(25)14-13-21(15-17-5-2-1-3-6-17)23-16-18-9-11-20(12-10-18)19-7-4-8-19/h1-3,5-6,9-12,19,21,23H,4,7-8,13-16H2,(H,24,25). The lowest BCUT2D eigenvalue weighted by atomic mass is 9.80. The Bertz CT molecular complexity index is 662. The Morgan fingerprint density at radius 3 is 2.36 bits per heavy atom. The Hall–Kier alpha value is -2.13. The summed E-state index contributed by atoms with van der Waals surface area (Å²) < 4.78 is 0. The lowest BCUT2D eigenvalue weighted by molar-refractivity contribution is -0.137. The summed E-state index contributed by atoms with van der Waals surface area (Å²) in [6.07, 6.45) is 5.71. The van der Waals surface area contributed by atoms with Crippen molar-refractivity contribution in [1.29, 1.82) is 0 Å². The van der Waals surface area contributed by atoms with Crippen LogP contribution in [-0.4, -0.2) is 17.1 Å². The van der Waals surface area contributed by atoms with Gasteiger partial charge in [-0.05, 0) is 48.3 Å². The molecular weight excluding hydrogens is 310 g/mol. The number of benzene rings is 2. The Morgan fingerprint density at radius 2 is 1.76 bits per heavy atom. The van der Waals surface area contributed by atoms with Crippen molar-refractivity contribution in [3.63, 3.8) is 0 Å². The van der Waals surface area contributed by atoms with Crippen molar-refractivity contribution >= 4 is 5.97 Å². The highest BCUT2D eigenvalue weighted by Gasteiger charge is 2.19. The summed E-state index contributed by atoms with van der Waals surface area (Å²) >= 11 is 0. The predicted octanol–water partition coefficient (Wildman–Crippen LogP) is 4.52. The lowest BCUT2D eigenvalue weighted by Gasteiger charge is -2.26. The first-order valence-electron chi connectivity index (χ1n) is 9.28. The second-order valence-corrected chi connectivity index (χ2v) is 7.07. The molecule has 0 radical (unpaired) electrons. The molecule has 132 valence electrons. The van der Waals surface area contributed by atoms with Crippen molar-refractivity contribution in [2.75, 3.05) is 0 Å². The molecular formula is C22H27NO2. The molecule has 1 aliphatic rings. The first-order valence-corrected chi connectivity index (χ1v) is 9.28. The fourth-order valence-corrected chi connectivity index (χ4v) is 3.38. The minimum absolute atomic E-state index is 0.171. The van der Waals surface area contributed by atoms with Gasteiger partial charge in [0.25, 0.3) is 0 Å². The fourth-order valence-electron chi connectivity index (χ4n) is 3.38. The maximum Gasteiger partial charge on any atom is 0.303 e. The normalized spacial score (nSPS) is 15.5. The van der Waals surface area contributed by atoms with Crippen molar-refractivity contribution < 1.29 is 9.90 Å². The Morgan fingerprint density at radius 1 is 1.04 bits per heavy atom. The molecule has 0 saturated heterocycles. The molecule has 2 aromatic rings. The number of hydrogen-bond acceptors (Lipinski definition) is 2. The summed E-state index contributed by atoms with van der Waals surface area (Å²) in [5, 5.41) is 12.6. The van der Waals surface area contributed by atoms with E-state index in [9.17, 15) is 4.79 Å². The number of rotatable bonds is 9. The molecule has 0 bridgehead atoms. The molecule has 1 unspecified atom stereocenters. The summed E-state index contributed by atoms with van der Waals surface area (Å²) in [4.78, 5) is 10.9. The van der Waals surface area contributed by atoms with Gasteiger partial charge < -0.3 is 10.4 Å². The summed E-state index contributed by atoms with van der Waals surface area (Å²) in [6.45, 7) is 0.780. The van der Waals surface area contributed by atoms with Gasteiger partial charge in [0.1, 0.15) is 0 Å². The molecule has 0 aromatic heterocycles. The van der Waals surface area contributed by atoms with Crippen molar-refractivity contribution in [2.24, 2.45) is 0 Å². The number of hydrogen-bond donors (Lipinski definition) is 2. The van der Waals surface area contributed by atoms with Gasteiger partial charge >= 0.3 is 5.97 Å². The van der Waals surface area contributed by atoms with E-state index in [1.807, 2.05) is 18.2 Å². The molecule has 0 heterocycles. The van der Waals surface area contributed by atoms with E-state index in [1.54, 1.807) is 0 Å². The molecule has 3 heteroatoms. The summed E-state index contributed by atoms with van der Waals surface area (Å²) in [5.41, 5.74) is 3.96. The number of aliphatic carboxylic acids is 1. The van der Waals surface area contributed by atoms with Crippen LogP contribution in [0.2, 0.25) is 0 Å². The summed E-state index contributed by atoms with van der Waals surface area (Å²) in [7, 11) is 0. The quantitative estimate of drug-likeness (QED) is 0.707. The molecule has 1 fully saturated rings. The maximum absolute atomic E-state index is 10.9. The van der Waals surface area contributed by atoms with E-state index in [4.69, 9.17) is 5.11 Å². The number of nitrogens with one attached hydrogen (secondary N) is 1. The minimum atomic E-state index is -0.732. The van der Waals surface area contributed by atoms with Crippen LogP contribution >= 0.6 is 0 Å². The molecule has 0 amide bonds. The van der Waals surface area contributed by atoms with Crippen LogP contribution in [0, 0.1) is 0 Å². The average molecular weight is 337 g/mol. The number of carboxylic acid groups (broad SMARTS) is 1. The Kier molecular flexibility index (Phi) is 6.24. The van der Waals surface area contributed by atoms with E-state index >= 15 is 0 Å². The zero-order valence-corrected chi connectivity index (χ0v) is 14.7. The molecule has 3 nitrogen and oxygen atoms in total. The van der Waals surface area contributed by atoms with Crippen LogP contribution in [0.25, 0.3) is 0 Å². The smallest absolute Gasteiger partial charge is 0.303 e. The summed E-state index contributed by atoms with van der Waals surface area (Å²) in [5.74, 6) is 0.0353. The average Bonchev–Trinajstić information content (AvgIpc) is 2.58. The molecule has 1 saturated carbocycles. The first kappa shape index (κ1) is 17.7. The third-order valence-corrected chi connectivity index (χ3v) is 5.18. The zero-order chi connectivity index (χ0) is 17.5. The van der Waals surface area contributed by atoms with Crippen LogP contribution in [0.15, 0.2) is 54.6 Å². The van der Waals surface area contributed by atoms with E-state index in [-0.39, 0.29) is 12.5 Å². The van der Waals surface area contributed by atoms with Gasteiger partial charge in [-0.15, -0.1) is 0 Å². The molecule has 2 N–H and O–H groups in total. The van der Waals surface area contributed by atoms with E-state index < -0.39 is 5.97 Å². The predicted molar refractivity (Wildman–Crippen MR) is 101 cm³/mol. The van der Waals surface area contributed by atoms with Gasteiger partial charge in [-0.2, -0.15) is 0 Å². The van der Waals surface area contributed by atoms with Crippen LogP contribution in [-0.2, 0) is 17.8 Å². The first-order chi connectivity index (χ1) is 12.2. The molecule has 0 aliphatic heterocycles. The van der Waals surface area contributed by atoms with Crippen molar-refractivity contribution in [3.05, 3.63) is 71.3 Å². The third kappa shape index (κ3) is 5.43. The van der Waals surface area contributed by atoms with Gasteiger partial charge in [0, 0.05) is 19.0 Å². The molecule has 25 heavy (non-hydrogen) atoms. The highest BCUT2D eigenvalue weighted by Crippen LogP contribution is 2.36. The SMILES string of the molecule is O=C(O)CCC(Cc1ccccc1)NCc1ccc(C2CCC2)cc1. The number of carbonyl (C=O) groups is 1. The monoisotopic (exact) mass is 337 g/mol. The second kappa shape index (κ2) is 8.82. The highest BCUT2D eigenvalue weighted by atomic mass is 16.4. The maximum atomic E-state index is 10.9. The summed E-state index contributed by atoms with van der Waals surface area (Å²) in [6, 6.07) is 19.4. The fraction of sp³-hybridized carbons (Fsp3) is 0.409. The van der Waals surface area contributed by atoms with Crippen molar-refractivity contribution in [2.45, 2.75) is 57.0 Å². The van der Waals surface area contributed by atoms with E-state index in [2.05, 4.69) is 41.7 Å². The molecule has 1 aliphatic carbocycles. The minimum Gasteiger partial charge on any atom is -0.481 e. The van der Waals surface area contributed by atoms with E-state index in [0.717, 1.165) is 18.9 Å². The largest absolute Gasteiger partial charge is 0.481 e. The van der Waals surface area contributed by atoms with Crippen LogP contribution in [0.3, 0.4) is 0 Å². The van der Waals surface area contributed by atoms with Gasteiger partial charge in [-0.3, -0.25) is 4.79 Å². The van der Waals surface area contributed by atoms with Crippen LogP contribution in [0.1, 0.15) is 54.7 Å². The molecule has 3 rings (SSSR count). The van der Waals surface area contributed by atoms with Gasteiger partial charge in [0.15, 0.2) is 0 Å². The van der Waals surface area contributed by atoms with Gasteiger partial charge in [-0.25, -0.2) is 0 Å². The molecule has 2 aromatic carbocycles. The third-order valence-electron chi connectivity index (χ3n) is 5.18. The number of carboxylic acids is 1. The molecule has 0 spiro atoms.